The normalized spacial score (nSPS) is 10.7. The molecule has 0 aliphatic rings. The number of benzene rings is 2. The van der Waals surface area contributed by atoms with E-state index in [-0.39, 0.29) is 28.5 Å². The van der Waals surface area contributed by atoms with E-state index in [9.17, 15) is 22.8 Å². The number of carbonyl (C=O) groups excluding carboxylic acids is 2. The molecule has 1 amide bonds. The molecule has 1 N–H and O–H groups in total. The predicted molar refractivity (Wildman–Crippen MR) is 107 cm³/mol. The highest BCUT2D eigenvalue weighted by Crippen LogP contribution is 2.36. The van der Waals surface area contributed by atoms with Gasteiger partial charge in [-0.1, -0.05) is 12.1 Å². The Kier molecular flexibility index (Phi) is 6.73. The quantitative estimate of drug-likeness (QED) is 0.492. The lowest BCUT2D eigenvalue weighted by Gasteiger charge is -2.09. The second-order valence-electron chi connectivity index (χ2n) is 5.94. The highest BCUT2D eigenvalue weighted by Gasteiger charge is 2.23. The summed E-state index contributed by atoms with van der Waals surface area (Å²) in [4.78, 5) is 25.1. The first-order chi connectivity index (χ1) is 14.4. The zero-order valence-electron chi connectivity index (χ0n) is 15.7. The van der Waals surface area contributed by atoms with Gasteiger partial charge in [0.1, 0.15) is 22.1 Å². The number of carbonyl (C=O) groups is 2. The largest absolute Gasteiger partial charge is 0.462 e. The summed E-state index contributed by atoms with van der Waals surface area (Å²) in [5, 5.41) is 4.56. The molecule has 3 aromatic rings. The summed E-state index contributed by atoms with van der Waals surface area (Å²) in [6.07, 6.45) is 0. The van der Waals surface area contributed by atoms with Gasteiger partial charge in [-0.05, 0) is 48.9 Å². The summed E-state index contributed by atoms with van der Waals surface area (Å²) in [7, 11) is 0. The molecule has 0 aliphatic heterocycles. The average molecular weight is 435 g/mol. The van der Waals surface area contributed by atoms with E-state index < -0.39 is 24.3 Å². The van der Waals surface area contributed by atoms with Crippen LogP contribution in [0.5, 0.6) is 5.75 Å². The van der Waals surface area contributed by atoms with Crippen LogP contribution in [0.3, 0.4) is 0 Å². The van der Waals surface area contributed by atoms with Crippen LogP contribution in [0.15, 0.2) is 53.9 Å². The molecule has 0 bridgehead atoms. The minimum atomic E-state index is -2.96. The predicted octanol–water partition coefficient (Wildman–Crippen LogP) is 5.58. The lowest BCUT2D eigenvalue weighted by Crippen LogP contribution is -2.15. The highest BCUT2D eigenvalue weighted by molar-refractivity contribution is 7.15. The number of anilines is 1. The lowest BCUT2D eigenvalue weighted by atomic mass is 10.0. The number of hydrogen-bond acceptors (Lipinski definition) is 5. The SMILES string of the molecule is CCOC(=O)c1c(-c2ccc(F)cc2)csc1NC(=O)c1ccc(OC(F)F)cc1. The molecule has 156 valence electrons. The first-order valence-electron chi connectivity index (χ1n) is 8.79. The number of alkyl halides is 2. The third kappa shape index (κ3) is 4.98. The Hall–Kier alpha value is -3.33. The van der Waals surface area contributed by atoms with Crippen molar-refractivity contribution in [2.45, 2.75) is 13.5 Å². The standard InChI is InChI=1S/C21H16F3NO4S/c1-2-28-20(27)17-16(12-3-7-14(22)8-4-12)11-30-19(17)25-18(26)13-5-9-15(10-6-13)29-21(23)24/h3-11,21H,2H2,1H3,(H,25,26). The van der Waals surface area contributed by atoms with Crippen molar-refractivity contribution in [2.75, 3.05) is 11.9 Å². The summed E-state index contributed by atoms with van der Waals surface area (Å²) in [6, 6.07) is 10.7. The fourth-order valence-corrected chi connectivity index (χ4v) is 3.61. The molecule has 5 nitrogen and oxygen atoms in total. The zero-order chi connectivity index (χ0) is 21.7. The Labute approximate surface area is 174 Å². The van der Waals surface area contributed by atoms with Gasteiger partial charge < -0.3 is 14.8 Å². The van der Waals surface area contributed by atoms with Crippen LogP contribution in [0.25, 0.3) is 11.1 Å². The van der Waals surface area contributed by atoms with Gasteiger partial charge in [0.2, 0.25) is 0 Å². The molecule has 3 rings (SSSR count). The molecule has 2 aromatic carbocycles. The molecule has 9 heteroatoms. The molecule has 1 heterocycles. The Balaban J connectivity index is 1.88. The summed E-state index contributed by atoms with van der Waals surface area (Å²) in [5.41, 5.74) is 1.42. The highest BCUT2D eigenvalue weighted by atomic mass is 32.1. The van der Waals surface area contributed by atoms with Gasteiger partial charge >= 0.3 is 12.6 Å². The van der Waals surface area contributed by atoms with E-state index in [0.29, 0.717) is 11.1 Å². The molecule has 1 aromatic heterocycles. The van der Waals surface area contributed by atoms with Crippen molar-refractivity contribution < 1.29 is 32.2 Å². The van der Waals surface area contributed by atoms with Gasteiger partial charge in [0.25, 0.3) is 5.91 Å². The van der Waals surface area contributed by atoms with Crippen LogP contribution in [0.1, 0.15) is 27.6 Å². The number of ether oxygens (including phenoxy) is 2. The number of rotatable bonds is 7. The van der Waals surface area contributed by atoms with Crippen LogP contribution in [0.4, 0.5) is 18.2 Å². The number of nitrogens with one attached hydrogen (secondary N) is 1. The monoisotopic (exact) mass is 435 g/mol. The Morgan fingerprint density at radius 3 is 2.33 bits per heavy atom. The van der Waals surface area contributed by atoms with E-state index >= 15 is 0 Å². The Bertz CT molecular complexity index is 1030. The van der Waals surface area contributed by atoms with Crippen LogP contribution < -0.4 is 10.1 Å². The first-order valence-corrected chi connectivity index (χ1v) is 9.67. The van der Waals surface area contributed by atoms with Crippen molar-refractivity contribution >= 4 is 28.2 Å². The first kappa shape index (κ1) is 21.4. The number of hydrogen-bond donors (Lipinski definition) is 1. The maximum atomic E-state index is 13.2. The van der Waals surface area contributed by atoms with Gasteiger partial charge in [-0.2, -0.15) is 8.78 Å². The average Bonchev–Trinajstić information content (AvgIpc) is 3.12. The van der Waals surface area contributed by atoms with E-state index in [2.05, 4.69) is 10.1 Å². The molecular weight excluding hydrogens is 419 g/mol. The van der Waals surface area contributed by atoms with Crippen LogP contribution in [-0.2, 0) is 4.74 Å². The van der Waals surface area contributed by atoms with Gasteiger partial charge in [0.15, 0.2) is 0 Å². The molecular formula is C21H16F3NO4S. The molecule has 0 fully saturated rings. The van der Waals surface area contributed by atoms with Gasteiger partial charge in [-0.3, -0.25) is 4.79 Å². The summed E-state index contributed by atoms with van der Waals surface area (Å²) < 4.78 is 47.1. The van der Waals surface area contributed by atoms with Crippen LogP contribution >= 0.6 is 11.3 Å². The third-order valence-corrected chi connectivity index (χ3v) is 4.89. The molecule has 0 aliphatic carbocycles. The third-order valence-electron chi connectivity index (χ3n) is 3.99. The van der Waals surface area contributed by atoms with E-state index in [1.165, 1.54) is 48.5 Å². The topological polar surface area (TPSA) is 64.6 Å². The van der Waals surface area contributed by atoms with E-state index in [4.69, 9.17) is 4.74 Å². The van der Waals surface area contributed by atoms with Crippen molar-refractivity contribution in [3.8, 4) is 16.9 Å². The van der Waals surface area contributed by atoms with E-state index in [1.54, 1.807) is 12.3 Å². The smallest absolute Gasteiger partial charge is 0.387 e. The number of esters is 1. The fourth-order valence-electron chi connectivity index (χ4n) is 2.66. The van der Waals surface area contributed by atoms with Crippen LogP contribution in [-0.4, -0.2) is 25.1 Å². The van der Waals surface area contributed by atoms with Crippen LogP contribution in [0, 0.1) is 5.82 Å². The lowest BCUT2D eigenvalue weighted by molar-refractivity contribution is -0.0498. The maximum absolute atomic E-state index is 13.2. The number of amides is 1. The van der Waals surface area contributed by atoms with Crippen LogP contribution in [0.2, 0.25) is 0 Å². The summed E-state index contributed by atoms with van der Waals surface area (Å²) in [6.45, 7) is -1.17. The number of halogens is 3. The van der Waals surface area contributed by atoms with Crippen molar-refractivity contribution in [3.63, 3.8) is 0 Å². The zero-order valence-corrected chi connectivity index (χ0v) is 16.5. The maximum Gasteiger partial charge on any atom is 0.387 e. The minimum Gasteiger partial charge on any atom is -0.462 e. The van der Waals surface area contributed by atoms with Gasteiger partial charge in [0, 0.05) is 16.5 Å². The molecule has 0 spiro atoms. The summed E-state index contributed by atoms with van der Waals surface area (Å²) >= 11 is 1.11. The van der Waals surface area contributed by atoms with E-state index in [1.807, 2.05) is 0 Å². The molecule has 0 saturated heterocycles. The Morgan fingerprint density at radius 2 is 1.73 bits per heavy atom. The second kappa shape index (κ2) is 9.45. The van der Waals surface area contributed by atoms with Crippen molar-refractivity contribution in [1.82, 2.24) is 0 Å². The molecule has 0 radical (unpaired) electrons. The second-order valence-corrected chi connectivity index (χ2v) is 6.82. The fraction of sp³-hybridized carbons (Fsp3) is 0.143. The van der Waals surface area contributed by atoms with Crippen molar-refractivity contribution in [2.24, 2.45) is 0 Å². The number of thiophene rings is 1. The van der Waals surface area contributed by atoms with E-state index in [0.717, 1.165) is 11.3 Å². The molecule has 0 saturated carbocycles. The molecule has 0 unspecified atom stereocenters. The van der Waals surface area contributed by atoms with Gasteiger partial charge in [-0.15, -0.1) is 11.3 Å². The van der Waals surface area contributed by atoms with Crippen molar-refractivity contribution in [1.29, 1.82) is 0 Å². The van der Waals surface area contributed by atoms with Gasteiger partial charge in [0.05, 0.1) is 6.61 Å². The summed E-state index contributed by atoms with van der Waals surface area (Å²) in [5.74, 6) is -1.67. The Morgan fingerprint density at radius 1 is 1.07 bits per heavy atom. The van der Waals surface area contributed by atoms with Gasteiger partial charge in [-0.25, -0.2) is 9.18 Å². The molecule has 30 heavy (non-hydrogen) atoms. The minimum absolute atomic E-state index is 0.0801. The van der Waals surface area contributed by atoms with Crippen molar-refractivity contribution in [3.05, 3.63) is 70.9 Å². The molecule has 0 atom stereocenters.